The Morgan fingerprint density at radius 1 is 1.40 bits per heavy atom. The Bertz CT molecular complexity index is 476. The van der Waals surface area contributed by atoms with Crippen LogP contribution in [0.15, 0.2) is 22.7 Å². The maximum atomic E-state index is 12.5. The van der Waals surface area contributed by atoms with Crippen LogP contribution in [0.25, 0.3) is 0 Å². The summed E-state index contributed by atoms with van der Waals surface area (Å²) >= 11 is 3.35. The highest BCUT2D eigenvalue weighted by molar-refractivity contribution is 9.10. The van der Waals surface area contributed by atoms with Crippen LogP contribution in [0.1, 0.15) is 49.4 Å². The molecule has 0 spiro atoms. The lowest BCUT2D eigenvalue weighted by atomic mass is 9.96. The summed E-state index contributed by atoms with van der Waals surface area (Å²) in [4.78, 5) is 14.4. The summed E-state index contributed by atoms with van der Waals surface area (Å²) in [5.41, 5.74) is 0.397. The monoisotopic (exact) mass is 339 g/mol. The fraction of sp³-hybridized carbons (Fsp3) is 0.562. The second kappa shape index (κ2) is 7.11. The van der Waals surface area contributed by atoms with E-state index in [-0.39, 0.29) is 11.7 Å². The van der Waals surface area contributed by atoms with Crippen LogP contribution in [-0.4, -0.2) is 29.0 Å². The van der Waals surface area contributed by atoms with Gasteiger partial charge in [0.2, 0.25) is 0 Å². The molecule has 2 rings (SSSR count). The summed E-state index contributed by atoms with van der Waals surface area (Å²) in [5, 5.41) is 9.87. The molecular formula is C16H22BrNO2. The van der Waals surface area contributed by atoms with Crippen molar-refractivity contribution >= 4 is 21.8 Å². The maximum absolute atomic E-state index is 12.5. The van der Waals surface area contributed by atoms with Gasteiger partial charge in [-0.2, -0.15) is 0 Å². The van der Waals surface area contributed by atoms with E-state index in [0.29, 0.717) is 5.56 Å². The Hall–Kier alpha value is -1.03. The molecule has 1 N–H and O–H groups in total. The molecule has 0 aliphatic carbocycles. The van der Waals surface area contributed by atoms with Gasteiger partial charge in [0.1, 0.15) is 5.75 Å². The van der Waals surface area contributed by atoms with Gasteiger partial charge >= 0.3 is 0 Å². The van der Waals surface area contributed by atoms with E-state index in [0.717, 1.165) is 36.3 Å². The van der Waals surface area contributed by atoms with Gasteiger partial charge in [-0.15, -0.1) is 0 Å². The number of hydrogen-bond donors (Lipinski definition) is 1. The average Bonchev–Trinajstić information content (AvgIpc) is 2.67. The first-order valence-electron chi connectivity index (χ1n) is 7.39. The standard InChI is InChI=1S/C16H22BrNO2/c1-2-4-12-5-3-9-18(10-8-12)16(20)14-11-13(17)6-7-15(14)19/h6-7,11-12,19H,2-5,8-10H2,1H3. The second-order valence-electron chi connectivity index (χ2n) is 5.54. The minimum absolute atomic E-state index is 0.0547. The number of phenols is 1. The van der Waals surface area contributed by atoms with E-state index in [1.165, 1.54) is 19.3 Å². The number of nitrogens with zero attached hydrogens (tertiary/aromatic N) is 1. The first-order valence-corrected chi connectivity index (χ1v) is 8.19. The molecule has 1 aliphatic heterocycles. The Labute approximate surface area is 129 Å². The number of benzene rings is 1. The van der Waals surface area contributed by atoms with E-state index in [9.17, 15) is 9.90 Å². The zero-order valence-electron chi connectivity index (χ0n) is 11.9. The number of carbonyl (C=O) groups is 1. The van der Waals surface area contributed by atoms with Gasteiger partial charge in [0.15, 0.2) is 0 Å². The molecule has 1 heterocycles. The molecule has 110 valence electrons. The maximum Gasteiger partial charge on any atom is 0.257 e. The van der Waals surface area contributed by atoms with Gasteiger partial charge in [-0.25, -0.2) is 0 Å². The first-order chi connectivity index (χ1) is 9.61. The number of halogens is 1. The van der Waals surface area contributed by atoms with Crippen molar-refractivity contribution in [3.8, 4) is 5.75 Å². The molecule has 1 fully saturated rings. The van der Waals surface area contributed by atoms with Crippen molar-refractivity contribution in [2.75, 3.05) is 13.1 Å². The number of amides is 1. The molecule has 1 atom stereocenters. The van der Waals surface area contributed by atoms with Crippen molar-refractivity contribution in [1.29, 1.82) is 0 Å². The van der Waals surface area contributed by atoms with Gasteiger partial charge in [-0.3, -0.25) is 4.79 Å². The van der Waals surface area contributed by atoms with E-state index in [2.05, 4.69) is 22.9 Å². The number of phenolic OH excluding ortho intramolecular Hbond substituents is 1. The van der Waals surface area contributed by atoms with E-state index < -0.39 is 0 Å². The molecule has 1 aliphatic rings. The van der Waals surface area contributed by atoms with Gasteiger partial charge in [0.05, 0.1) is 5.56 Å². The second-order valence-corrected chi connectivity index (χ2v) is 6.45. The number of aromatic hydroxyl groups is 1. The van der Waals surface area contributed by atoms with Gasteiger partial charge in [-0.05, 0) is 43.4 Å². The third-order valence-electron chi connectivity index (χ3n) is 4.02. The highest BCUT2D eigenvalue weighted by Gasteiger charge is 2.23. The minimum atomic E-state index is -0.0547. The van der Waals surface area contributed by atoms with Crippen LogP contribution >= 0.6 is 15.9 Å². The van der Waals surface area contributed by atoms with Crippen LogP contribution in [-0.2, 0) is 0 Å². The molecule has 1 aromatic rings. The predicted octanol–water partition coefficient (Wildman–Crippen LogP) is 4.20. The third-order valence-corrected chi connectivity index (χ3v) is 4.51. The van der Waals surface area contributed by atoms with E-state index in [1.54, 1.807) is 18.2 Å². The molecule has 1 amide bonds. The van der Waals surface area contributed by atoms with Crippen LogP contribution in [0.2, 0.25) is 0 Å². The average molecular weight is 340 g/mol. The van der Waals surface area contributed by atoms with Crippen molar-refractivity contribution in [2.24, 2.45) is 5.92 Å². The smallest absolute Gasteiger partial charge is 0.257 e. The molecule has 0 saturated carbocycles. The fourth-order valence-corrected chi connectivity index (χ4v) is 3.28. The fourth-order valence-electron chi connectivity index (χ4n) is 2.92. The topological polar surface area (TPSA) is 40.5 Å². The number of carbonyl (C=O) groups excluding carboxylic acids is 1. The largest absolute Gasteiger partial charge is 0.507 e. The Morgan fingerprint density at radius 3 is 2.95 bits per heavy atom. The predicted molar refractivity (Wildman–Crippen MR) is 84.0 cm³/mol. The first kappa shape index (κ1) is 15.4. The van der Waals surface area contributed by atoms with Crippen molar-refractivity contribution < 1.29 is 9.90 Å². The number of hydrogen-bond acceptors (Lipinski definition) is 2. The Kier molecular flexibility index (Phi) is 5.46. The molecule has 1 unspecified atom stereocenters. The molecule has 1 aromatic carbocycles. The van der Waals surface area contributed by atoms with E-state index in [4.69, 9.17) is 0 Å². The minimum Gasteiger partial charge on any atom is -0.507 e. The van der Waals surface area contributed by atoms with Gasteiger partial charge in [0, 0.05) is 17.6 Å². The number of likely N-dealkylation sites (tertiary alicyclic amines) is 1. The molecule has 1 saturated heterocycles. The Balaban J connectivity index is 2.07. The van der Waals surface area contributed by atoms with Gasteiger partial charge in [-0.1, -0.05) is 35.7 Å². The summed E-state index contributed by atoms with van der Waals surface area (Å²) in [5.74, 6) is 0.752. The molecule has 3 nitrogen and oxygen atoms in total. The Morgan fingerprint density at radius 2 is 2.20 bits per heavy atom. The molecule has 0 aromatic heterocycles. The lowest BCUT2D eigenvalue weighted by molar-refractivity contribution is 0.0756. The van der Waals surface area contributed by atoms with Crippen molar-refractivity contribution in [1.82, 2.24) is 4.90 Å². The van der Waals surface area contributed by atoms with Crippen LogP contribution < -0.4 is 0 Å². The summed E-state index contributed by atoms with van der Waals surface area (Å²) in [6.07, 6.45) is 5.82. The van der Waals surface area contributed by atoms with Crippen molar-refractivity contribution in [3.05, 3.63) is 28.2 Å². The van der Waals surface area contributed by atoms with Crippen molar-refractivity contribution in [2.45, 2.75) is 39.0 Å². The van der Waals surface area contributed by atoms with Crippen LogP contribution in [0.3, 0.4) is 0 Å². The lowest BCUT2D eigenvalue weighted by Crippen LogP contribution is -2.32. The van der Waals surface area contributed by atoms with E-state index >= 15 is 0 Å². The van der Waals surface area contributed by atoms with Gasteiger partial charge in [0.25, 0.3) is 5.91 Å². The highest BCUT2D eigenvalue weighted by atomic mass is 79.9. The van der Waals surface area contributed by atoms with E-state index in [1.807, 2.05) is 4.90 Å². The van der Waals surface area contributed by atoms with Gasteiger partial charge < -0.3 is 10.0 Å². The third kappa shape index (κ3) is 3.75. The molecule has 20 heavy (non-hydrogen) atoms. The summed E-state index contributed by atoms with van der Waals surface area (Å²) in [7, 11) is 0. The number of rotatable bonds is 3. The highest BCUT2D eigenvalue weighted by Crippen LogP contribution is 2.26. The lowest BCUT2D eigenvalue weighted by Gasteiger charge is -2.21. The summed E-state index contributed by atoms with van der Waals surface area (Å²) in [6.45, 7) is 3.81. The summed E-state index contributed by atoms with van der Waals surface area (Å²) in [6, 6.07) is 5.01. The SMILES string of the molecule is CCCC1CCCN(C(=O)c2cc(Br)ccc2O)CC1. The summed E-state index contributed by atoms with van der Waals surface area (Å²) < 4.78 is 0.817. The zero-order valence-corrected chi connectivity index (χ0v) is 13.5. The molecule has 0 radical (unpaired) electrons. The molecule has 0 bridgehead atoms. The molecule has 4 heteroatoms. The van der Waals surface area contributed by atoms with Crippen molar-refractivity contribution in [3.63, 3.8) is 0 Å². The van der Waals surface area contributed by atoms with Crippen LogP contribution in [0.5, 0.6) is 5.75 Å². The normalized spacial score (nSPS) is 19.7. The van der Waals surface area contributed by atoms with Crippen LogP contribution in [0, 0.1) is 5.92 Å². The zero-order chi connectivity index (χ0) is 14.5. The van der Waals surface area contributed by atoms with Crippen LogP contribution in [0.4, 0.5) is 0 Å². The quantitative estimate of drug-likeness (QED) is 0.896. The molecular weight excluding hydrogens is 318 g/mol.